The van der Waals surface area contributed by atoms with Gasteiger partial charge in [0.1, 0.15) is 12.1 Å². The van der Waals surface area contributed by atoms with Crippen molar-refractivity contribution < 1.29 is 32.9 Å². The molecule has 0 aromatic heterocycles. The van der Waals surface area contributed by atoms with Crippen LogP contribution < -0.4 is 0 Å². The largest absolute Gasteiger partial charge is 0.238 e. The molecule has 0 heterocycles. The minimum atomic E-state index is -1.18. The summed E-state index contributed by atoms with van der Waals surface area (Å²) in [5.41, 5.74) is -16.9. The van der Waals surface area contributed by atoms with Crippen molar-refractivity contribution in [1.82, 2.24) is 0 Å². The van der Waals surface area contributed by atoms with Crippen LogP contribution in [0.2, 0.25) is 0 Å². The minimum Gasteiger partial charge on any atom is -0.238 e. The average Bonchev–Trinajstić information content (AvgIpc) is 4.17. The first-order valence-electron chi connectivity index (χ1n) is 26.8. The summed E-state index contributed by atoms with van der Waals surface area (Å²) >= 11 is 0. The van der Waals surface area contributed by atoms with E-state index in [4.69, 9.17) is 41.9 Å². The van der Waals surface area contributed by atoms with E-state index in [1.54, 1.807) is 12.1 Å². The first kappa shape index (κ1) is 15.8. The van der Waals surface area contributed by atoms with Gasteiger partial charge >= 0.3 is 0 Å². The molecule has 0 amide bonds. The molecule has 0 unspecified atom stereocenters. The van der Waals surface area contributed by atoms with Crippen molar-refractivity contribution in [3.05, 3.63) is 212 Å². The van der Waals surface area contributed by atoms with E-state index in [2.05, 4.69) is 9.69 Å². The number of allylic oxidation sites excluding steroid dienone is 5. The Kier molecular flexibility index (Phi) is 4.32. The fourth-order valence-corrected chi connectivity index (χ4v) is 5.16. The Labute approximate surface area is 347 Å². The van der Waals surface area contributed by atoms with Crippen LogP contribution in [0, 0.1) is 58.5 Å². The van der Waals surface area contributed by atoms with Crippen LogP contribution in [0.1, 0.15) is 60.7 Å². The lowest BCUT2D eigenvalue weighted by molar-refractivity contribution is 1.47. The Bertz CT molecular complexity index is 3740. The number of hydrogen-bond donors (Lipinski definition) is 0. The first-order chi connectivity index (χ1) is 36.5. The molecule has 54 heavy (non-hydrogen) atoms. The van der Waals surface area contributed by atoms with Gasteiger partial charge in [-0.1, -0.05) is 121 Å². The van der Waals surface area contributed by atoms with E-state index in [1.807, 2.05) is 0 Å². The Balaban J connectivity index is 1.88. The molecule has 0 radical (unpaired) electrons. The summed E-state index contributed by atoms with van der Waals surface area (Å²) in [5.74, 6) is 0. The van der Waals surface area contributed by atoms with Crippen molar-refractivity contribution in [3.8, 4) is 57.7 Å². The quantitative estimate of drug-likeness (QED) is 0.127. The molecule has 1 saturated carbocycles. The zero-order valence-corrected chi connectivity index (χ0v) is 26.7. The number of benzene rings is 6. The van der Waals surface area contributed by atoms with Crippen LogP contribution in [0.5, 0.6) is 0 Å². The lowest BCUT2D eigenvalue weighted by Crippen LogP contribution is -1.90. The summed E-state index contributed by atoms with van der Waals surface area (Å²) in [5, 5.41) is 42.3. The predicted molar refractivity (Wildman–Crippen MR) is 210 cm³/mol. The summed E-state index contributed by atoms with van der Waals surface area (Å²) in [6, 6.07) is -19.7. The van der Waals surface area contributed by atoms with Gasteiger partial charge in [-0.15, -0.1) is 0 Å². The van der Waals surface area contributed by atoms with Gasteiger partial charge in [-0.25, -0.2) is 9.69 Å². The summed E-state index contributed by atoms with van der Waals surface area (Å²) in [7, 11) is 0. The third-order valence-corrected chi connectivity index (χ3v) is 7.51. The Morgan fingerprint density at radius 2 is 0.833 bits per heavy atom. The van der Waals surface area contributed by atoms with Gasteiger partial charge in [0.25, 0.3) is 0 Å². The molecule has 0 saturated heterocycles. The minimum absolute atomic E-state index is 0.811. The standard InChI is InChI=1S/C48H24N6/c1-53-36-25-23-35(24-26-36)39-11-5-8-14-42(39)48(54-2)47-45(43(29-51)40-12-6-3-9-37(40)33-19-15-31(27-49)16-20-33)46(47)44(30-52)41-13-7-4-10-38(41)34-21-17-32(28-50)18-22-34/h3-26H/b45-43-,46-44+,48-47?/i3D,4D,5D,6D,7D,8D,9D,10D,11D,12D,13D,14D,15D,16D,17D,18D,19D,20D,21D,22D,23D,24D,25D,26D. The van der Waals surface area contributed by atoms with Gasteiger partial charge in [0.2, 0.25) is 5.70 Å². The third-order valence-electron chi connectivity index (χ3n) is 7.51. The van der Waals surface area contributed by atoms with Crippen molar-refractivity contribution in [3.63, 3.8) is 0 Å². The Morgan fingerprint density at radius 3 is 1.20 bits per heavy atom. The second-order valence-electron chi connectivity index (χ2n) is 10.4. The molecule has 0 N–H and O–H groups in total. The molecule has 0 bridgehead atoms. The molecule has 6 heteroatoms. The summed E-state index contributed by atoms with van der Waals surface area (Å²) in [6.45, 7) is 16.2. The molecule has 0 spiro atoms. The highest BCUT2D eigenvalue weighted by atomic mass is 14.7. The summed E-state index contributed by atoms with van der Waals surface area (Å²) < 4.78 is 212. The summed E-state index contributed by atoms with van der Waals surface area (Å²) in [6.07, 6.45) is 0. The highest BCUT2D eigenvalue weighted by Crippen LogP contribution is 2.58. The normalized spacial score (nSPS) is 20.3. The molecule has 6 aromatic carbocycles. The second kappa shape index (κ2) is 14.8. The van der Waals surface area contributed by atoms with Crippen molar-refractivity contribution in [1.29, 1.82) is 21.0 Å². The second-order valence-corrected chi connectivity index (χ2v) is 10.4. The van der Waals surface area contributed by atoms with Crippen molar-refractivity contribution >= 4 is 22.5 Å². The lowest BCUT2D eigenvalue weighted by Gasteiger charge is -2.10. The maximum Gasteiger partial charge on any atom is 0.203 e. The van der Waals surface area contributed by atoms with E-state index in [9.17, 15) is 25.2 Å². The van der Waals surface area contributed by atoms with Gasteiger partial charge in [0.05, 0.1) is 77.7 Å². The zero-order chi connectivity index (χ0) is 58.5. The fraction of sp³-hybridized carbons (Fsp3) is 0. The maximum absolute atomic E-state index is 11.4. The molecule has 0 aliphatic heterocycles. The lowest BCUT2D eigenvalue weighted by atomic mass is 9.92. The van der Waals surface area contributed by atoms with Crippen LogP contribution in [0.15, 0.2) is 162 Å². The van der Waals surface area contributed by atoms with Crippen LogP contribution in [-0.2, 0) is 0 Å². The predicted octanol–water partition coefficient (Wildman–Crippen LogP) is 11.6. The van der Waals surface area contributed by atoms with E-state index in [0.717, 1.165) is 0 Å². The van der Waals surface area contributed by atoms with Gasteiger partial charge in [-0.2, -0.15) is 21.0 Å². The van der Waals surface area contributed by atoms with Crippen molar-refractivity contribution in [2.24, 2.45) is 0 Å². The fourth-order valence-electron chi connectivity index (χ4n) is 5.16. The Morgan fingerprint density at radius 1 is 0.463 bits per heavy atom. The van der Waals surface area contributed by atoms with Crippen LogP contribution in [-0.4, -0.2) is 0 Å². The summed E-state index contributed by atoms with van der Waals surface area (Å²) in [4.78, 5) is 6.57. The van der Waals surface area contributed by atoms with Crippen LogP contribution in [0.4, 0.5) is 5.69 Å². The molecule has 6 aromatic rings. The number of rotatable bonds is 6. The molecule has 1 aliphatic rings. The van der Waals surface area contributed by atoms with Gasteiger partial charge in [0.15, 0.2) is 5.69 Å². The average molecular weight is 709 g/mol. The van der Waals surface area contributed by atoms with Gasteiger partial charge in [-0.05, 0) is 79.8 Å². The third kappa shape index (κ3) is 6.20. The van der Waals surface area contributed by atoms with E-state index < -0.39 is 245 Å². The topological polar surface area (TPSA) is 104 Å². The van der Waals surface area contributed by atoms with Crippen molar-refractivity contribution in [2.45, 2.75) is 0 Å². The Hall–Kier alpha value is -8.52. The van der Waals surface area contributed by atoms with Crippen LogP contribution >= 0.6 is 0 Å². The smallest absolute Gasteiger partial charge is 0.203 e. The van der Waals surface area contributed by atoms with E-state index in [-0.39, 0.29) is 0 Å². The zero-order valence-electron chi connectivity index (χ0n) is 50.7. The van der Waals surface area contributed by atoms with Gasteiger partial charge in [-0.3, -0.25) is 0 Å². The number of nitrogens with zero attached hydrogens (tertiary/aromatic N) is 6. The van der Waals surface area contributed by atoms with Crippen LogP contribution in [0.25, 0.3) is 59.9 Å². The number of hydrogen-bond acceptors (Lipinski definition) is 4. The molecule has 246 valence electrons. The molecule has 0 atom stereocenters. The monoisotopic (exact) mass is 708 g/mol. The van der Waals surface area contributed by atoms with Gasteiger partial charge < -0.3 is 0 Å². The molecular formula is C48H24N6. The molecule has 7 rings (SSSR count). The van der Waals surface area contributed by atoms with Crippen molar-refractivity contribution in [2.75, 3.05) is 0 Å². The van der Waals surface area contributed by atoms with E-state index in [1.165, 1.54) is 12.1 Å². The maximum atomic E-state index is 11.4. The molecule has 1 fully saturated rings. The molecule has 1 aliphatic carbocycles. The highest BCUT2D eigenvalue weighted by molar-refractivity contribution is 6.13. The van der Waals surface area contributed by atoms with E-state index >= 15 is 0 Å². The van der Waals surface area contributed by atoms with E-state index in [0.29, 0.717) is 0 Å². The number of nitriles is 4. The molecule has 6 nitrogen and oxygen atoms in total. The molecular weight excluding hydrogens is 661 g/mol. The van der Waals surface area contributed by atoms with Gasteiger partial charge in [0, 0.05) is 13.9 Å². The SMILES string of the molecule is [2H]c1c([2H])c([2H])c(-c2c([2H])c([2H])c([N+]#[C-])c([2H])c2[2H])c(C([N+]#[C-])=C2C(=C(\C#N)c3c([2H])c([2H])c([2H])c([2H])c3-c3c([2H])c([2H])c(C#N)c([2H])c3[2H])/C2=C(\C#N)c2c([2H])c([2H])c([2H])c([2H])c2-c2c([2H])c([2H])c(C#N)c([2H])c2[2H])c1[2H]. The van der Waals surface area contributed by atoms with Crippen LogP contribution in [0.3, 0.4) is 0 Å². The highest BCUT2D eigenvalue weighted by Gasteiger charge is 2.42. The first-order valence-corrected chi connectivity index (χ1v) is 14.8.